The first-order valence-corrected chi connectivity index (χ1v) is 19.9. The summed E-state index contributed by atoms with van der Waals surface area (Å²) in [5.74, 6) is 1.41. The Hall–Kier alpha value is -8.03. The van der Waals surface area contributed by atoms with Crippen molar-refractivity contribution in [2.24, 2.45) is 0 Å². The van der Waals surface area contributed by atoms with Gasteiger partial charge in [0.15, 0.2) is 0 Å². The quantitative estimate of drug-likeness (QED) is 0.107. The fraction of sp³-hybridized carbons (Fsp3) is 0.0377. The van der Waals surface area contributed by atoms with Gasteiger partial charge >= 0.3 is 0 Å². The lowest BCUT2D eigenvalue weighted by atomic mass is 10.0. The molecule has 0 saturated carbocycles. The zero-order chi connectivity index (χ0) is 40.3. The van der Waals surface area contributed by atoms with Crippen LogP contribution in [0.3, 0.4) is 0 Å². The molecule has 2 N–H and O–H groups in total. The highest BCUT2D eigenvalue weighted by molar-refractivity contribution is 5.99. The Morgan fingerprint density at radius 3 is 1.03 bits per heavy atom. The molecule has 0 spiro atoms. The lowest BCUT2D eigenvalue weighted by Crippen LogP contribution is -2.08. The number of hydrogen-bond acceptors (Lipinski definition) is 5. The molecule has 0 radical (unpaired) electrons. The smallest absolute Gasteiger partial charge is 0.150 e. The van der Waals surface area contributed by atoms with Gasteiger partial charge in [-0.1, -0.05) is 103 Å². The second kappa shape index (κ2) is 16.1. The lowest BCUT2D eigenvalue weighted by Gasteiger charge is -2.10. The summed E-state index contributed by atoms with van der Waals surface area (Å²) in [6, 6.07) is 55.0. The summed E-state index contributed by atoms with van der Waals surface area (Å²) >= 11 is 0. The molecule has 0 unspecified atom stereocenters. The van der Waals surface area contributed by atoms with E-state index in [4.69, 9.17) is 19.4 Å². The fourth-order valence-corrected chi connectivity index (χ4v) is 7.91. The maximum absolute atomic E-state index is 11.0. The summed E-state index contributed by atoms with van der Waals surface area (Å²) in [5, 5.41) is 0. The minimum atomic E-state index is 0.359. The summed E-state index contributed by atoms with van der Waals surface area (Å²) in [6.45, 7) is 0.719. The largest absolute Gasteiger partial charge is 0.490 e. The second-order valence-electron chi connectivity index (χ2n) is 14.5. The Labute approximate surface area is 347 Å². The van der Waals surface area contributed by atoms with Crippen LogP contribution in [-0.4, -0.2) is 39.4 Å². The Balaban J connectivity index is 1.16. The number of benzene rings is 5. The van der Waals surface area contributed by atoms with Crippen molar-refractivity contribution in [3.63, 3.8) is 0 Å². The number of aldehydes is 1. The number of fused-ring (bicyclic) bond motifs is 8. The van der Waals surface area contributed by atoms with Crippen molar-refractivity contribution in [3.05, 3.63) is 192 Å². The van der Waals surface area contributed by atoms with Crippen LogP contribution in [0.5, 0.6) is 11.5 Å². The Bertz CT molecular complexity index is 3040. The molecule has 8 bridgehead atoms. The van der Waals surface area contributed by atoms with E-state index in [1.807, 2.05) is 30.3 Å². The number of hydrogen-bond donors (Lipinski definition) is 2. The van der Waals surface area contributed by atoms with E-state index in [1.54, 1.807) is 24.3 Å². The molecule has 0 saturated heterocycles. The molecule has 0 atom stereocenters. The molecule has 8 aromatic rings. The molecule has 0 amide bonds. The van der Waals surface area contributed by atoms with Crippen molar-refractivity contribution in [2.75, 3.05) is 13.2 Å². The van der Waals surface area contributed by atoms with Gasteiger partial charge < -0.3 is 19.4 Å². The van der Waals surface area contributed by atoms with Gasteiger partial charge in [0.05, 0.1) is 22.8 Å². The van der Waals surface area contributed by atoms with E-state index in [2.05, 4.69) is 143 Å². The summed E-state index contributed by atoms with van der Waals surface area (Å²) in [4.78, 5) is 29.4. The lowest BCUT2D eigenvalue weighted by molar-refractivity contribution is 0.112. The van der Waals surface area contributed by atoms with Gasteiger partial charge in [-0.05, 0) is 107 Å². The molecule has 0 aliphatic carbocycles. The van der Waals surface area contributed by atoms with Crippen LogP contribution < -0.4 is 9.47 Å². The van der Waals surface area contributed by atoms with Gasteiger partial charge in [0.2, 0.25) is 0 Å². The summed E-state index contributed by atoms with van der Waals surface area (Å²) in [7, 11) is 0. The molecule has 0 fully saturated rings. The minimum Gasteiger partial charge on any atom is -0.490 e. The topological polar surface area (TPSA) is 92.9 Å². The fourth-order valence-electron chi connectivity index (χ4n) is 7.91. The van der Waals surface area contributed by atoms with Gasteiger partial charge in [0, 0.05) is 49.9 Å². The number of ether oxygens (including phenoxy) is 2. The third kappa shape index (κ3) is 7.20. The number of H-pyrrole nitrogens is 2. The zero-order valence-corrected chi connectivity index (χ0v) is 32.5. The van der Waals surface area contributed by atoms with Crippen molar-refractivity contribution in [3.8, 4) is 56.0 Å². The van der Waals surface area contributed by atoms with E-state index in [-0.39, 0.29) is 0 Å². The number of aromatic amines is 2. The van der Waals surface area contributed by atoms with Crippen molar-refractivity contribution in [2.45, 2.75) is 0 Å². The third-order valence-electron chi connectivity index (χ3n) is 10.7. The predicted octanol–water partition coefficient (Wildman–Crippen LogP) is 12.6. The third-order valence-corrected chi connectivity index (χ3v) is 10.7. The molecule has 5 heterocycles. The first kappa shape index (κ1) is 36.3. The SMILES string of the molecule is O=Cc1ccc(OCCOc2ccc(-c3c4nc(c(-c5ccccc5)c5ccc([nH]5)c(-c5ccccc5)c5nc(c(-c6ccccc6)c6ccc3[nH]6)C=C5)C=C4)cc2)cc1. The minimum absolute atomic E-state index is 0.359. The molecule has 7 heteroatoms. The van der Waals surface area contributed by atoms with Gasteiger partial charge in [-0.3, -0.25) is 4.79 Å². The highest BCUT2D eigenvalue weighted by Crippen LogP contribution is 2.38. The average Bonchev–Trinajstić information content (AvgIpc) is 4.15. The number of nitrogens with one attached hydrogen (secondary N) is 2. The predicted molar refractivity (Wildman–Crippen MR) is 243 cm³/mol. The van der Waals surface area contributed by atoms with Crippen LogP contribution in [0.1, 0.15) is 33.1 Å². The number of carbonyl (C=O) groups is 1. The summed E-state index contributed by atoms with van der Waals surface area (Å²) in [6.07, 6.45) is 9.27. The van der Waals surface area contributed by atoms with Crippen LogP contribution in [0.15, 0.2) is 164 Å². The number of carbonyl (C=O) groups excluding carboxylic acids is 1. The van der Waals surface area contributed by atoms with E-state index in [9.17, 15) is 4.79 Å². The molecular formula is C53H38N4O3. The summed E-state index contributed by atoms with van der Waals surface area (Å²) in [5.41, 5.74) is 16.0. The van der Waals surface area contributed by atoms with Crippen LogP contribution in [-0.2, 0) is 0 Å². The molecule has 288 valence electrons. The van der Waals surface area contributed by atoms with Crippen molar-refractivity contribution in [1.82, 2.24) is 19.9 Å². The van der Waals surface area contributed by atoms with Crippen LogP contribution in [0.4, 0.5) is 0 Å². The van der Waals surface area contributed by atoms with Crippen LogP contribution in [0, 0.1) is 0 Å². The van der Waals surface area contributed by atoms with Gasteiger partial charge in [-0.2, -0.15) is 0 Å². The number of nitrogens with zero attached hydrogens (tertiary/aromatic N) is 2. The zero-order valence-electron chi connectivity index (χ0n) is 32.5. The molecular weight excluding hydrogens is 741 g/mol. The van der Waals surface area contributed by atoms with Crippen LogP contribution in [0.2, 0.25) is 0 Å². The molecule has 7 nitrogen and oxygen atoms in total. The Morgan fingerprint density at radius 1 is 0.383 bits per heavy atom. The Kier molecular flexibility index (Phi) is 9.73. The Morgan fingerprint density at radius 2 is 0.700 bits per heavy atom. The van der Waals surface area contributed by atoms with E-state index in [0.29, 0.717) is 24.5 Å². The average molecular weight is 779 g/mol. The monoisotopic (exact) mass is 778 g/mol. The molecule has 2 aliphatic heterocycles. The number of rotatable bonds is 10. The van der Waals surface area contributed by atoms with Crippen LogP contribution >= 0.6 is 0 Å². The number of aromatic nitrogens is 4. The van der Waals surface area contributed by atoms with Gasteiger partial charge in [0.1, 0.15) is 31.0 Å². The molecule has 60 heavy (non-hydrogen) atoms. The van der Waals surface area contributed by atoms with Gasteiger partial charge in [0.25, 0.3) is 0 Å². The first-order chi connectivity index (χ1) is 29.7. The molecule has 10 rings (SSSR count). The van der Waals surface area contributed by atoms with Crippen LogP contribution in [0.25, 0.3) is 90.9 Å². The van der Waals surface area contributed by atoms with Gasteiger partial charge in [-0.25, -0.2) is 9.97 Å². The van der Waals surface area contributed by atoms with Crippen molar-refractivity contribution in [1.29, 1.82) is 0 Å². The standard InChI is InChI=1S/C53H38N4O3/c58-34-35-16-20-40(21-17-35)59-32-33-60-41-22-18-39(19-23-41)53-48-30-28-46(56-48)51(37-12-6-2-7-13-37)44-26-24-42(54-44)50(36-10-4-1-5-11-36)43-25-27-45(55-43)52(38-14-8-3-9-15-38)47-29-31-49(53)57-47/h1-31,34,54,57H,32-33H2. The van der Waals surface area contributed by atoms with E-state index >= 15 is 0 Å². The van der Waals surface area contributed by atoms with Crippen molar-refractivity contribution >= 4 is 52.7 Å². The maximum atomic E-state index is 11.0. The van der Waals surface area contributed by atoms with E-state index < -0.39 is 0 Å². The maximum Gasteiger partial charge on any atom is 0.150 e. The van der Waals surface area contributed by atoms with E-state index in [0.717, 1.165) is 101 Å². The highest BCUT2D eigenvalue weighted by atomic mass is 16.5. The molecule has 5 aromatic carbocycles. The van der Waals surface area contributed by atoms with E-state index in [1.165, 1.54) is 0 Å². The normalized spacial score (nSPS) is 11.7. The highest BCUT2D eigenvalue weighted by Gasteiger charge is 2.19. The van der Waals surface area contributed by atoms with Crippen molar-refractivity contribution < 1.29 is 14.3 Å². The second-order valence-corrected chi connectivity index (χ2v) is 14.5. The molecule has 3 aromatic heterocycles. The summed E-state index contributed by atoms with van der Waals surface area (Å²) < 4.78 is 11.9. The van der Waals surface area contributed by atoms with Gasteiger partial charge in [-0.15, -0.1) is 0 Å². The first-order valence-electron chi connectivity index (χ1n) is 19.9. The molecule has 2 aliphatic rings.